The molecular weight excluding hydrogens is 376 g/mol. The topological polar surface area (TPSA) is 67.2 Å². The van der Waals surface area contributed by atoms with Crippen molar-refractivity contribution in [1.29, 1.82) is 0 Å². The molecule has 0 aliphatic rings. The molecule has 0 saturated heterocycles. The van der Waals surface area contributed by atoms with Gasteiger partial charge in [0.05, 0.1) is 23.2 Å². The van der Waals surface area contributed by atoms with Crippen molar-refractivity contribution in [3.63, 3.8) is 0 Å². The van der Waals surface area contributed by atoms with Crippen molar-refractivity contribution in [2.75, 3.05) is 24.3 Å². The Bertz CT molecular complexity index is 696. The van der Waals surface area contributed by atoms with Crippen LogP contribution < -0.4 is 5.32 Å². The standard InChI is InChI=1S/C21H37ClN4O2/c1-10-11-25(18(28)21(8,9)14-22)13-17(27)23-16-12-15(19(2,3)4)24-26(16)20(5,6)7/h12H,10-11,13-14H2,1-9H3,(H,23,27). The van der Waals surface area contributed by atoms with Gasteiger partial charge in [0.25, 0.3) is 0 Å². The second-order valence-electron chi connectivity index (χ2n) is 10.0. The van der Waals surface area contributed by atoms with Crippen LogP contribution in [0.2, 0.25) is 0 Å². The van der Waals surface area contributed by atoms with Gasteiger partial charge in [-0.05, 0) is 41.0 Å². The van der Waals surface area contributed by atoms with Crippen LogP contribution >= 0.6 is 11.6 Å². The monoisotopic (exact) mass is 412 g/mol. The molecule has 2 amide bonds. The maximum absolute atomic E-state index is 12.8. The van der Waals surface area contributed by atoms with Gasteiger partial charge in [0.15, 0.2) is 0 Å². The Balaban J connectivity index is 3.08. The number of carbonyl (C=O) groups excluding carboxylic acids is 2. The molecule has 28 heavy (non-hydrogen) atoms. The van der Waals surface area contributed by atoms with Crippen LogP contribution in [0.15, 0.2) is 6.07 Å². The van der Waals surface area contributed by atoms with Crippen molar-refractivity contribution in [1.82, 2.24) is 14.7 Å². The molecule has 0 radical (unpaired) electrons. The number of hydrogen-bond donors (Lipinski definition) is 1. The lowest BCUT2D eigenvalue weighted by Gasteiger charge is -2.30. The number of hydrogen-bond acceptors (Lipinski definition) is 3. The number of amides is 2. The zero-order chi connectivity index (χ0) is 21.9. The van der Waals surface area contributed by atoms with E-state index in [1.165, 1.54) is 0 Å². The van der Waals surface area contributed by atoms with Crippen LogP contribution in [0.25, 0.3) is 0 Å². The molecule has 1 aromatic rings. The molecule has 1 rings (SSSR count). The van der Waals surface area contributed by atoms with E-state index in [2.05, 4.69) is 26.1 Å². The van der Waals surface area contributed by atoms with Gasteiger partial charge in [-0.1, -0.05) is 27.7 Å². The average molecular weight is 413 g/mol. The van der Waals surface area contributed by atoms with Gasteiger partial charge in [-0.2, -0.15) is 5.10 Å². The van der Waals surface area contributed by atoms with E-state index in [0.29, 0.717) is 12.4 Å². The summed E-state index contributed by atoms with van der Waals surface area (Å²) in [7, 11) is 0. The molecule has 0 bridgehead atoms. The fourth-order valence-electron chi connectivity index (χ4n) is 2.71. The van der Waals surface area contributed by atoms with E-state index < -0.39 is 5.41 Å². The van der Waals surface area contributed by atoms with Gasteiger partial charge in [0.2, 0.25) is 11.8 Å². The molecule has 0 saturated carbocycles. The minimum absolute atomic E-state index is 0.00678. The SMILES string of the molecule is CCCN(CC(=O)Nc1cc(C(C)(C)C)nn1C(C)(C)C)C(=O)C(C)(C)CCl. The third-order valence-corrected chi connectivity index (χ3v) is 5.08. The van der Waals surface area contributed by atoms with Crippen molar-refractivity contribution in [2.45, 2.75) is 79.7 Å². The Hall–Kier alpha value is -1.56. The van der Waals surface area contributed by atoms with Crippen LogP contribution in [0.5, 0.6) is 0 Å². The van der Waals surface area contributed by atoms with Gasteiger partial charge in [0.1, 0.15) is 5.82 Å². The molecule has 1 heterocycles. The lowest BCUT2D eigenvalue weighted by atomic mass is 9.92. The predicted octanol–water partition coefficient (Wildman–Crippen LogP) is 4.38. The van der Waals surface area contributed by atoms with Crippen molar-refractivity contribution in [2.24, 2.45) is 5.41 Å². The van der Waals surface area contributed by atoms with Gasteiger partial charge in [-0.25, -0.2) is 4.68 Å². The molecule has 160 valence electrons. The quantitative estimate of drug-likeness (QED) is 0.676. The van der Waals surface area contributed by atoms with Crippen molar-refractivity contribution < 1.29 is 9.59 Å². The first-order valence-electron chi connectivity index (χ1n) is 9.89. The second kappa shape index (κ2) is 8.85. The summed E-state index contributed by atoms with van der Waals surface area (Å²) >= 11 is 5.96. The lowest BCUT2D eigenvalue weighted by Crippen LogP contribution is -2.46. The molecule has 0 atom stereocenters. The van der Waals surface area contributed by atoms with Crippen LogP contribution in [0.4, 0.5) is 5.82 Å². The van der Waals surface area contributed by atoms with E-state index in [9.17, 15) is 9.59 Å². The average Bonchev–Trinajstić information content (AvgIpc) is 2.98. The summed E-state index contributed by atoms with van der Waals surface area (Å²) in [5, 5.41) is 7.67. The van der Waals surface area contributed by atoms with Gasteiger partial charge in [-0.3, -0.25) is 9.59 Å². The Morgan fingerprint density at radius 3 is 2.14 bits per heavy atom. The number of halogens is 1. The van der Waals surface area contributed by atoms with E-state index in [4.69, 9.17) is 16.7 Å². The smallest absolute Gasteiger partial charge is 0.245 e. The van der Waals surface area contributed by atoms with Crippen LogP contribution in [-0.2, 0) is 20.5 Å². The number of rotatable bonds is 7. The summed E-state index contributed by atoms with van der Waals surface area (Å²) in [5.74, 6) is 0.500. The molecular formula is C21H37ClN4O2. The third-order valence-electron chi connectivity index (χ3n) is 4.41. The normalized spacial score (nSPS) is 12.8. The highest BCUT2D eigenvalue weighted by atomic mass is 35.5. The van der Waals surface area contributed by atoms with E-state index in [-0.39, 0.29) is 35.2 Å². The van der Waals surface area contributed by atoms with E-state index in [1.807, 2.05) is 38.4 Å². The second-order valence-corrected chi connectivity index (χ2v) is 10.3. The van der Waals surface area contributed by atoms with Crippen molar-refractivity contribution in [3.05, 3.63) is 11.8 Å². The summed E-state index contributed by atoms with van der Waals surface area (Å²) in [6.45, 7) is 18.5. The Morgan fingerprint density at radius 2 is 1.71 bits per heavy atom. The highest BCUT2D eigenvalue weighted by Gasteiger charge is 2.32. The fourth-order valence-corrected chi connectivity index (χ4v) is 2.83. The fraction of sp³-hybridized carbons (Fsp3) is 0.762. The first kappa shape index (κ1) is 24.5. The minimum atomic E-state index is -0.705. The van der Waals surface area contributed by atoms with Crippen LogP contribution in [0.3, 0.4) is 0 Å². The Kier molecular flexibility index (Phi) is 7.74. The van der Waals surface area contributed by atoms with Gasteiger partial charge < -0.3 is 10.2 Å². The van der Waals surface area contributed by atoms with Gasteiger partial charge >= 0.3 is 0 Å². The number of carbonyl (C=O) groups is 2. The number of nitrogens with one attached hydrogen (secondary N) is 1. The van der Waals surface area contributed by atoms with Crippen LogP contribution in [-0.4, -0.2) is 45.5 Å². The molecule has 0 aliphatic heterocycles. The largest absolute Gasteiger partial charge is 0.333 e. The van der Waals surface area contributed by atoms with Gasteiger partial charge in [0, 0.05) is 23.9 Å². The highest BCUT2D eigenvalue weighted by Crippen LogP contribution is 2.28. The van der Waals surface area contributed by atoms with E-state index in [0.717, 1.165) is 12.1 Å². The minimum Gasteiger partial charge on any atom is -0.333 e. The number of aromatic nitrogens is 2. The van der Waals surface area contributed by atoms with Crippen LogP contribution in [0.1, 0.15) is 74.4 Å². The summed E-state index contributed by atoms with van der Waals surface area (Å²) < 4.78 is 1.83. The molecule has 6 nitrogen and oxygen atoms in total. The molecule has 0 unspecified atom stereocenters. The molecule has 0 spiro atoms. The molecule has 1 aromatic heterocycles. The highest BCUT2D eigenvalue weighted by molar-refractivity contribution is 6.19. The predicted molar refractivity (Wildman–Crippen MR) is 116 cm³/mol. The number of anilines is 1. The Labute approximate surface area is 175 Å². The third kappa shape index (κ3) is 6.23. The first-order chi connectivity index (χ1) is 12.6. The molecule has 7 heteroatoms. The lowest BCUT2D eigenvalue weighted by molar-refractivity contribution is -0.141. The maximum Gasteiger partial charge on any atom is 0.245 e. The first-order valence-corrected chi connectivity index (χ1v) is 10.4. The summed E-state index contributed by atoms with van der Waals surface area (Å²) in [5.41, 5.74) is -0.220. The molecule has 0 fully saturated rings. The van der Waals surface area contributed by atoms with Crippen molar-refractivity contribution in [3.8, 4) is 0 Å². The summed E-state index contributed by atoms with van der Waals surface area (Å²) in [4.78, 5) is 27.1. The van der Waals surface area contributed by atoms with E-state index in [1.54, 1.807) is 18.7 Å². The van der Waals surface area contributed by atoms with Crippen LogP contribution in [0, 0.1) is 5.41 Å². The van der Waals surface area contributed by atoms with Gasteiger partial charge in [-0.15, -0.1) is 11.6 Å². The summed E-state index contributed by atoms with van der Waals surface area (Å²) in [6.07, 6.45) is 0.769. The number of alkyl halides is 1. The molecule has 0 aromatic carbocycles. The Morgan fingerprint density at radius 1 is 1.14 bits per heavy atom. The van der Waals surface area contributed by atoms with Crippen molar-refractivity contribution >= 4 is 29.2 Å². The maximum atomic E-state index is 12.8. The number of nitrogens with zero attached hydrogens (tertiary/aromatic N) is 3. The zero-order valence-electron chi connectivity index (χ0n) is 18.9. The molecule has 1 N–H and O–H groups in total. The summed E-state index contributed by atoms with van der Waals surface area (Å²) in [6, 6.07) is 1.91. The zero-order valence-corrected chi connectivity index (χ0v) is 19.7. The van der Waals surface area contributed by atoms with E-state index >= 15 is 0 Å². The molecule has 0 aliphatic carbocycles.